The predicted molar refractivity (Wildman–Crippen MR) is 110 cm³/mol. The lowest BCUT2D eigenvalue weighted by atomic mass is 10.2. The highest BCUT2D eigenvalue weighted by Crippen LogP contribution is 2.35. The van der Waals surface area contributed by atoms with Crippen LogP contribution in [0.4, 0.5) is 11.1 Å². The average Bonchev–Trinajstić information content (AvgIpc) is 3.28. The lowest BCUT2D eigenvalue weighted by Crippen LogP contribution is -1.99. The first-order valence-electron chi connectivity index (χ1n) is 8.49. The van der Waals surface area contributed by atoms with E-state index in [9.17, 15) is 0 Å². The first kappa shape index (κ1) is 18.4. The summed E-state index contributed by atoms with van der Waals surface area (Å²) < 4.78 is 7.62. The minimum absolute atomic E-state index is 0.493. The summed E-state index contributed by atoms with van der Waals surface area (Å²) in [7, 11) is 1.65. The van der Waals surface area contributed by atoms with Gasteiger partial charge in [0.1, 0.15) is 15.8 Å². The molecule has 0 radical (unpaired) electrons. The Morgan fingerprint density at radius 1 is 1.18 bits per heavy atom. The maximum atomic E-state index is 6.40. The molecule has 0 aliphatic heterocycles. The van der Waals surface area contributed by atoms with Crippen LogP contribution in [0.15, 0.2) is 48.9 Å². The van der Waals surface area contributed by atoms with E-state index in [1.165, 1.54) is 11.3 Å². The Bertz CT molecular complexity index is 1090. The summed E-state index contributed by atoms with van der Waals surface area (Å²) in [5, 5.41) is 8.15. The second-order valence-corrected chi connectivity index (χ2v) is 7.66. The number of anilines is 2. The number of nitrogens with zero attached hydrogens (tertiary/aromatic N) is 5. The molecule has 0 unspecified atom stereocenters. The molecule has 1 N–H and O–H groups in total. The average molecular weight is 413 g/mol. The molecular weight excluding hydrogens is 396 g/mol. The summed E-state index contributed by atoms with van der Waals surface area (Å²) in [6, 6.07) is 9.73. The van der Waals surface area contributed by atoms with E-state index in [2.05, 4.69) is 25.4 Å². The molecule has 0 bridgehead atoms. The summed E-state index contributed by atoms with van der Waals surface area (Å²) in [6.45, 7) is 2.55. The van der Waals surface area contributed by atoms with Crippen LogP contribution in [0, 0.1) is 6.92 Å². The minimum atomic E-state index is 0.493. The fourth-order valence-electron chi connectivity index (χ4n) is 2.63. The number of thiazole rings is 1. The first-order valence-corrected chi connectivity index (χ1v) is 9.69. The van der Waals surface area contributed by atoms with Gasteiger partial charge < -0.3 is 4.74 Å². The van der Waals surface area contributed by atoms with Gasteiger partial charge in [0.2, 0.25) is 5.95 Å². The molecule has 0 aliphatic rings. The number of nitrogens with one attached hydrogen (secondary N) is 1. The highest BCUT2D eigenvalue weighted by Gasteiger charge is 2.14. The van der Waals surface area contributed by atoms with E-state index in [1.807, 2.05) is 48.1 Å². The number of ether oxygens (including phenoxy) is 1. The first-order chi connectivity index (χ1) is 13.6. The van der Waals surface area contributed by atoms with Crippen molar-refractivity contribution in [2.45, 2.75) is 13.5 Å². The number of aryl methyl sites for hydroxylation is 1. The van der Waals surface area contributed by atoms with E-state index in [4.69, 9.17) is 16.3 Å². The zero-order valence-corrected chi connectivity index (χ0v) is 16.8. The number of benzene rings is 1. The highest BCUT2D eigenvalue weighted by atomic mass is 35.5. The van der Waals surface area contributed by atoms with Crippen molar-refractivity contribution in [2.24, 2.45) is 0 Å². The van der Waals surface area contributed by atoms with Gasteiger partial charge >= 0.3 is 0 Å². The molecule has 0 atom stereocenters. The molecule has 0 saturated carbocycles. The van der Waals surface area contributed by atoms with Gasteiger partial charge in [0.05, 0.1) is 19.9 Å². The summed E-state index contributed by atoms with van der Waals surface area (Å²) >= 11 is 7.74. The molecule has 3 aromatic heterocycles. The van der Waals surface area contributed by atoms with Gasteiger partial charge in [-0.3, -0.25) is 10.00 Å². The van der Waals surface area contributed by atoms with Crippen molar-refractivity contribution >= 4 is 34.0 Å². The van der Waals surface area contributed by atoms with Crippen molar-refractivity contribution in [3.05, 3.63) is 64.5 Å². The molecular formula is C19H17ClN6OS. The van der Waals surface area contributed by atoms with Crippen molar-refractivity contribution in [3.63, 3.8) is 0 Å². The SMILES string of the molecule is COc1ccc(Cn2cc(-c3nc(Nc4nccc(C)n4)sc3Cl)cn2)cc1. The van der Waals surface area contributed by atoms with E-state index in [0.29, 0.717) is 27.7 Å². The third kappa shape index (κ3) is 4.13. The van der Waals surface area contributed by atoms with Gasteiger partial charge in [0, 0.05) is 23.7 Å². The van der Waals surface area contributed by atoms with E-state index in [1.54, 1.807) is 19.5 Å². The fourth-order valence-corrected chi connectivity index (χ4v) is 3.71. The lowest BCUT2D eigenvalue weighted by Gasteiger charge is -2.03. The Kier molecular flexibility index (Phi) is 5.23. The molecule has 4 rings (SSSR count). The van der Waals surface area contributed by atoms with Gasteiger partial charge in [-0.05, 0) is 30.7 Å². The Morgan fingerprint density at radius 3 is 2.75 bits per heavy atom. The quantitative estimate of drug-likeness (QED) is 0.500. The van der Waals surface area contributed by atoms with E-state index >= 15 is 0 Å². The number of rotatable bonds is 6. The van der Waals surface area contributed by atoms with Crippen LogP contribution in [0.5, 0.6) is 5.75 Å². The van der Waals surface area contributed by atoms with E-state index < -0.39 is 0 Å². The molecule has 4 aromatic rings. The number of methoxy groups -OCH3 is 1. The van der Waals surface area contributed by atoms with Crippen LogP contribution in [0.1, 0.15) is 11.3 Å². The molecule has 0 aliphatic carbocycles. The molecule has 3 heterocycles. The zero-order valence-electron chi connectivity index (χ0n) is 15.3. The Balaban J connectivity index is 1.51. The van der Waals surface area contributed by atoms with E-state index in [-0.39, 0.29) is 0 Å². The largest absolute Gasteiger partial charge is 0.497 e. The summed E-state index contributed by atoms with van der Waals surface area (Å²) in [5.41, 5.74) is 3.54. The zero-order chi connectivity index (χ0) is 19.5. The third-order valence-corrected chi connectivity index (χ3v) is 5.18. The van der Waals surface area contributed by atoms with Crippen LogP contribution in [0.25, 0.3) is 11.3 Å². The van der Waals surface area contributed by atoms with Gasteiger partial charge in [0.25, 0.3) is 0 Å². The summed E-state index contributed by atoms with van der Waals surface area (Å²) in [5.74, 6) is 1.32. The summed E-state index contributed by atoms with van der Waals surface area (Å²) in [6.07, 6.45) is 5.39. The van der Waals surface area contributed by atoms with Crippen molar-refractivity contribution < 1.29 is 4.74 Å². The topological polar surface area (TPSA) is 77.8 Å². The Labute approximate surface area is 171 Å². The molecule has 9 heteroatoms. The van der Waals surface area contributed by atoms with Crippen LogP contribution in [0.3, 0.4) is 0 Å². The monoisotopic (exact) mass is 412 g/mol. The fraction of sp³-hybridized carbons (Fsp3) is 0.158. The molecule has 0 saturated heterocycles. The van der Waals surface area contributed by atoms with Crippen LogP contribution in [0.2, 0.25) is 4.34 Å². The molecule has 0 fully saturated rings. The number of halogens is 1. The van der Waals surface area contributed by atoms with Crippen molar-refractivity contribution in [1.82, 2.24) is 24.7 Å². The number of aromatic nitrogens is 5. The third-order valence-electron chi connectivity index (χ3n) is 4.01. The maximum Gasteiger partial charge on any atom is 0.229 e. The molecule has 7 nitrogen and oxygen atoms in total. The van der Waals surface area contributed by atoms with Gasteiger partial charge in [-0.15, -0.1) is 0 Å². The van der Waals surface area contributed by atoms with Crippen LogP contribution >= 0.6 is 22.9 Å². The molecule has 0 amide bonds. The lowest BCUT2D eigenvalue weighted by molar-refractivity contribution is 0.414. The van der Waals surface area contributed by atoms with Gasteiger partial charge in [-0.1, -0.05) is 35.1 Å². The molecule has 1 aromatic carbocycles. The van der Waals surface area contributed by atoms with Crippen LogP contribution in [-0.4, -0.2) is 31.8 Å². The van der Waals surface area contributed by atoms with E-state index in [0.717, 1.165) is 22.6 Å². The maximum absolute atomic E-state index is 6.40. The van der Waals surface area contributed by atoms with Crippen molar-refractivity contribution in [2.75, 3.05) is 12.4 Å². The number of hydrogen-bond donors (Lipinski definition) is 1. The molecule has 0 spiro atoms. The normalized spacial score (nSPS) is 10.8. The Morgan fingerprint density at radius 2 is 2.00 bits per heavy atom. The van der Waals surface area contributed by atoms with Gasteiger partial charge in [-0.25, -0.2) is 15.0 Å². The van der Waals surface area contributed by atoms with Gasteiger partial charge in [0.15, 0.2) is 5.13 Å². The second-order valence-electron chi connectivity index (χ2n) is 6.06. The molecule has 142 valence electrons. The van der Waals surface area contributed by atoms with Crippen LogP contribution < -0.4 is 10.1 Å². The standard InChI is InChI=1S/C19H17ClN6OS/c1-12-7-8-21-18(23-12)25-19-24-16(17(20)28-19)14-9-22-26(11-14)10-13-3-5-15(27-2)6-4-13/h3-9,11H,10H2,1-2H3,(H,21,23,24,25). The van der Waals surface area contributed by atoms with Crippen LogP contribution in [-0.2, 0) is 6.54 Å². The van der Waals surface area contributed by atoms with Crippen molar-refractivity contribution in [3.8, 4) is 17.0 Å². The Hall–Kier alpha value is -2.97. The van der Waals surface area contributed by atoms with Gasteiger partial charge in [-0.2, -0.15) is 5.10 Å². The smallest absolute Gasteiger partial charge is 0.229 e. The highest BCUT2D eigenvalue weighted by molar-refractivity contribution is 7.20. The summed E-state index contributed by atoms with van der Waals surface area (Å²) in [4.78, 5) is 13.1. The molecule has 28 heavy (non-hydrogen) atoms. The minimum Gasteiger partial charge on any atom is -0.497 e. The number of hydrogen-bond acceptors (Lipinski definition) is 7. The predicted octanol–water partition coefficient (Wildman–Crippen LogP) is 4.56. The van der Waals surface area contributed by atoms with Crippen molar-refractivity contribution in [1.29, 1.82) is 0 Å². The second kappa shape index (κ2) is 7.95.